The van der Waals surface area contributed by atoms with E-state index in [-0.39, 0.29) is 18.1 Å². The number of benzene rings is 1. The van der Waals surface area contributed by atoms with E-state index in [0.29, 0.717) is 12.5 Å². The van der Waals surface area contributed by atoms with Crippen molar-refractivity contribution in [1.82, 2.24) is 5.32 Å². The summed E-state index contributed by atoms with van der Waals surface area (Å²) in [5.74, 6) is 0.635. The van der Waals surface area contributed by atoms with Crippen LogP contribution in [-0.2, 0) is 4.74 Å². The average Bonchev–Trinajstić information content (AvgIpc) is 3.15. The van der Waals surface area contributed by atoms with Crippen molar-refractivity contribution in [2.75, 3.05) is 22.9 Å². The summed E-state index contributed by atoms with van der Waals surface area (Å²) in [4.78, 5) is 25.7. The van der Waals surface area contributed by atoms with E-state index in [1.165, 1.54) is 6.42 Å². The van der Waals surface area contributed by atoms with Crippen LogP contribution < -0.4 is 26.6 Å². The van der Waals surface area contributed by atoms with Crippen LogP contribution in [-0.4, -0.2) is 48.4 Å². The Labute approximate surface area is 189 Å². The third-order valence-electron chi connectivity index (χ3n) is 6.22. The van der Waals surface area contributed by atoms with Gasteiger partial charge < -0.3 is 26.4 Å². The van der Waals surface area contributed by atoms with E-state index >= 15 is 0 Å². The second-order valence-electron chi connectivity index (χ2n) is 9.89. The highest BCUT2D eigenvalue weighted by Gasteiger charge is 2.44. The number of hydrogen-bond acceptors (Lipinski definition) is 8. The molecule has 5 N–H and O–H groups in total. The summed E-state index contributed by atoms with van der Waals surface area (Å²) in [6.07, 6.45) is 5.59. The lowest BCUT2D eigenvalue weighted by molar-refractivity contribution is 0.0509. The quantitative estimate of drug-likeness (QED) is 0.663. The number of aliphatic imine (C=N–C) groups is 2. The summed E-state index contributed by atoms with van der Waals surface area (Å²) < 4.78 is 5.42. The minimum atomic E-state index is -0.517. The van der Waals surface area contributed by atoms with E-state index < -0.39 is 11.3 Å². The van der Waals surface area contributed by atoms with Gasteiger partial charge in [-0.2, -0.15) is 4.99 Å². The predicted molar refractivity (Wildman–Crippen MR) is 128 cm³/mol. The van der Waals surface area contributed by atoms with Crippen LogP contribution in [0.2, 0.25) is 0 Å². The standard InChI is InChI=1S/C23H35N7O2/c1-22(2,3)32-21(31)26-16-11-14-29(15-16)17-9-5-6-10-18(17)30-20(25)27-19(24)28-23(30)12-7-4-8-13-23/h5-6,9-10,16H,4,7-8,11-15H2,1-3H3,(H,26,31)(H4,24,25,27,28). The Balaban J connectivity index is 1.57. The zero-order chi connectivity index (χ0) is 22.9. The highest BCUT2D eigenvalue weighted by molar-refractivity contribution is 6.07. The molecule has 1 aromatic rings. The fraction of sp³-hybridized carbons (Fsp3) is 0.609. The summed E-state index contributed by atoms with van der Waals surface area (Å²) in [6.45, 7) is 7.11. The fourth-order valence-electron chi connectivity index (χ4n) is 4.96. The SMILES string of the molecule is CC(C)(C)OC(=O)NC1CCN(c2ccccc2N2C(N)=NC(N)=NC23CCCCC3)C1. The van der Waals surface area contributed by atoms with Gasteiger partial charge in [0.25, 0.3) is 0 Å². The number of rotatable bonds is 3. The lowest BCUT2D eigenvalue weighted by Crippen LogP contribution is -2.58. The molecule has 2 heterocycles. The van der Waals surface area contributed by atoms with Gasteiger partial charge in [-0.15, -0.1) is 0 Å². The van der Waals surface area contributed by atoms with E-state index in [1.807, 2.05) is 32.9 Å². The zero-order valence-corrected chi connectivity index (χ0v) is 19.3. The molecule has 0 bridgehead atoms. The molecule has 1 atom stereocenters. The highest BCUT2D eigenvalue weighted by atomic mass is 16.6. The van der Waals surface area contributed by atoms with Gasteiger partial charge in [-0.25, -0.2) is 9.79 Å². The third kappa shape index (κ3) is 4.61. The van der Waals surface area contributed by atoms with Gasteiger partial charge in [0, 0.05) is 13.1 Å². The van der Waals surface area contributed by atoms with Crippen LogP contribution in [0, 0.1) is 0 Å². The van der Waals surface area contributed by atoms with Crippen LogP contribution in [0.4, 0.5) is 16.2 Å². The molecule has 1 aliphatic carbocycles. The van der Waals surface area contributed by atoms with E-state index in [4.69, 9.17) is 21.2 Å². The maximum absolute atomic E-state index is 12.2. The normalized spacial score (nSPS) is 23.0. The van der Waals surface area contributed by atoms with Crippen LogP contribution in [0.25, 0.3) is 0 Å². The van der Waals surface area contributed by atoms with Gasteiger partial charge >= 0.3 is 6.09 Å². The van der Waals surface area contributed by atoms with Crippen LogP contribution in [0.5, 0.6) is 0 Å². The van der Waals surface area contributed by atoms with Crippen molar-refractivity contribution >= 4 is 29.4 Å². The summed E-state index contributed by atoms with van der Waals surface area (Å²) in [6, 6.07) is 8.21. The van der Waals surface area contributed by atoms with Gasteiger partial charge in [0.05, 0.1) is 17.4 Å². The fourth-order valence-corrected chi connectivity index (χ4v) is 4.96. The van der Waals surface area contributed by atoms with E-state index in [0.717, 1.165) is 50.0 Å². The molecule has 1 amide bonds. The van der Waals surface area contributed by atoms with Crippen molar-refractivity contribution in [3.05, 3.63) is 24.3 Å². The van der Waals surface area contributed by atoms with Crippen molar-refractivity contribution in [2.45, 2.75) is 76.6 Å². The molecular weight excluding hydrogens is 406 g/mol. The first kappa shape index (κ1) is 22.2. The molecule has 32 heavy (non-hydrogen) atoms. The predicted octanol–water partition coefficient (Wildman–Crippen LogP) is 2.90. The van der Waals surface area contributed by atoms with Gasteiger partial charge in [-0.3, -0.25) is 4.90 Å². The van der Waals surface area contributed by atoms with Crippen LogP contribution in [0.15, 0.2) is 34.3 Å². The van der Waals surface area contributed by atoms with Gasteiger partial charge in [0.15, 0.2) is 0 Å². The number of nitrogens with one attached hydrogen (secondary N) is 1. The number of nitrogens with two attached hydrogens (primary N) is 2. The summed E-state index contributed by atoms with van der Waals surface area (Å²) in [7, 11) is 0. The molecular formula is C23H35N7O2. The molecule has 1 saturated carbocycles. The Morgan fingerprint density at radius 2 is 1.84 bits per heavy atom. The second kappa shape index (κ2) is 8.52. The number of anilines is 2. The number of alkyl carbamates (subject to hydrolysis) is 1. The van der Waals surface area contributed by atoms with Crippen LogP contribution in [0.1, 0.15) is 59.3 Å². The lowest BCUT2D eigenvalue weighted by Gasteiger charge is -2.46. The Morgan fingerprint density at radius 1 is 1.16 bits per heavy atom. The zero-order valence-electron chi connectivity index (χ0n) is 19.3. The van der Waals surface area contributed by atoms with E-state index in [9.17, 15) is 4.79 Å². The monoisotopic (exact) mass is 441 g/mol. The third-order valence-corrected chi connectivity index (χ3v) is 6.22. The molecule has 4 rings (SSSR count). The van der Waals surface area contributed by atoms with E-state index in [2.05, 4.69) is 32.2 Å². The minimum Gasteiger partial charge on any atom is -0.444 e. The van der Waals surface area contributed by atoms with Gasteiger partial charge in [-0.1, -0.05) is 18.6 Å². The van der Waals surface area contributed by atoms with Gasteiger partial charge in [0.1, 0.15) is 11.3 Å². The maximum Gasteiger partial charge on any atom is 0.407 e. The number of amides is 1. The Morgan fingerprint density at radius 3 is 2.53 bits per heavy atom. The molecule has 0 aromatic heterocycles. The van der Waals surface area contributed by atoms with Gasteiger partial charge in [0.2, 0.25) is 11.9 Å². The van der Waals surface area contributed by atoms with Crippen molar-refractivity contribution in [3.8, 4) is 0 Å². The Kier molecular flexibility index (Phi) is 5.92. The molecule has 1 aromatic carbocycles. The number of hydrogen-bond donors (Lipinski definition) is 3. The summed E-state index contributed by atoms with van der Waals surface area (Å²) in [5.41, 5.74) is 13.5. The summed E-state index contributed by atoms with van der Waals surface area (Å²) >= 11 is 0. The minimum absolute atomic E-state index is 0.0163. The van der Waals surface area contributed by atoms with Crippen LogP contribution >= 0.6 is 0 Å². The molecule has 9 nitrogen and oxygen atoms in total. The Hall–Kier alpha value is -2.97. The molecule has 9 heteroatoms. The van der Waals surface area contributed by atoms with Crippen molar-refractivity contribution in [3.63, 3.8) is 0 Å². The molecule has 1 unspecified atom stereocenters. The number of carbonyl (C=O) groups excluding carboxylic acids is 1. The maximum atomic E-state index is 12.2. The van der Waals surface area contributed by atoms with Crippen molar-refractivity contribution < 1.29 is 9.53 Å². The lowest BCUT2D eigenvalue weighted by atomic mass is 9.87. The van der Waals surface area contributed by atoms with Crippen molar-refractivity contribution in [1.29, 1.82) is 0 Å². The first-order chi connectivity index (χ1) is 15.2. The first-order valence-electron chi connectivity index (χ1n) is 11.5. The molecule has 2 aliphatic heterocycles. The topological polar surface area (TPSA) is 122 Å². The molecule has 2 fully saturated rings. The number of guanidine groups is 2. The average molecular weight is 442 g/mol. The van der Waals surface area contributed by atoms with Crippen molar-refractivity contribution in [2.24, 2.45) is 21.5 Å². The molecule has 1 saturated heterocycles. The molecule has 174 valence electrons. The number of para-hydroxylation sites is 2. The van der Waals surface area contributed by atoms with E-state index in [1.54, 1.807) is 0 Å². The van der Waals surface area contributed by atoms with Gasteiger partial charge in [-0.05, 0) is 65.0 Å². The highest BCUT2D eigenvalue weighted by Crippen LogP contribution is 2.43. The second-order valence-corrected chi connectivity index (χ2v) is 9.89. The molecule has 1 spiro atoms. The number of carbonyl (C=O) groups is 1. The Bertz CT molecular complexity index is 915. The summed E-state index contributed by atoms with van der Waals surface area (Å²) in [5, 5.41) is 3.00. The first-order valence-corrected chi connectivity index (χ1v) is 11.5. The largest absolute Gasteiger partial charge is 0.444 e. The molecule has 0 radical (unpaired) electrons. The smallest absolute Gasteiger partial charge is 0.407 e. The molecule has 3 aliphatic rings. The number of ether oxygens (including phenoxy) is 1. The van der Waals surface area contributed by atoms with Crippen LogP contribution in [0.3, 0.4) is 0 Å². The number of nitrogens with zero attached hydrogens (tertiary/aromatic N) is 4.